The minimum Gasteiger partial charge on any atom is -0.490 e. The largest absolute Gasteiger partial charge is 0.490 e. The van der Waals surface area contributed by atoms with Crippen LogP contribution in [0.25, 0.3) is 0 Å². The molecule has 1 aliphatic heterocycles. The number of hydrogen-bond acceptors (Lipinski definition) is 3. The molecule has 3 heteroatoms. The molecule has 2 aromatic carbocycles. The Bertz CT molecular complexity index is 833. The summed E-state index contributed by atoms with van der Waals surface area (Å²) in [7, 11) is 0. The first-order valence-corrected chi connectivity index (χ1v) is 9.61. The maximum absolute atomic E-state index is 13.6. The van der Waals surface area contributed by atoms with Crippen LogP contribution < -0.4 is 4.74 Å². The van der Waals surface area contributed by atoms with Crippen molar-refractivity contribution in [3.63, 3.8) is 0 Å². The zero-order valence-electron chi connectivity index (χ0n) is 17.3. The molecule has 144 valence electrons. The summed E-state index contributed by atoms with van der Waals surface area (Å²) in [5.74, 6) is 0.829. The van der Waals surface area contributed by atoms with E-state index in [0.717, 1.165) is 29.0 Å². The molecule has 3 rings (SSSR count). The molecule has 1 saturated heterocycles. The highest BCUT2D eigenvalue weighted by Crippen LogP contribution is 2.37. The molecule has 0 aliphatic carbocycles. The predicted molar refractivity (Wildman–Crippen MR) is 109 cm³/mol. The first-order chi connectivity index (χ1) is 12.6. The molecule has 1 atom stereocenters. The monoisotopic (exact) mass is 366 g/mol. The Labute approximate surface area is 162 Å². The fourth-order valence-electron chi connectivity index (χ4n) is 3.44. The number of ether oxygens (including phenoxy) is 2. The lowest BCUT2D eigenvalue weighted by atomic mass is 9.78. The van der Waals surface area contributed by atoms with Gasteiger partial charge in [0.2, 0.25) is 0 Å². The topological polar surface area (TPSA) is 38.8 Å². The van der Waals surface area contributed by atoms with E-state index in [9.17, 15) is 4.79 Å². The van der Waals surface area contributed by atoms with Gasteiger partial charge >= 0.3 is 0 Å². The predicted octanol–water partition coefficient (Wildman–Crippen LogP) is 5.29. The molecular weight excluding hydrogens is 336 g/mol. The molecule has 0 spiro atoms. The standard InChI is InChI=1S/C24H30O3/c1-23(2,3)19-12-8-7-10-17(19)22(25)18-11-9-13-20(21(18)24(4,5)6)27-15-16-14-26-16/h7-13,16H,14-15H2,1-6H3. The fourth-order valence-corrected chi connectivity index (χ4v) is 3.44. The molecule has 27 heavy (non-hydrogen) atoms. The van der Waals surface area contributed by atoms with Crippen LogP contribution in [0.3, 0.4) is 0 Å². The summed E-state index contributed by atoms with van der Waals surface area (Å²) in [6.45, 7) is 14.1. The van der Waals surface area contributed by atoms with Crippen molar-refractivity contribution in [1.29, 1.82) is 0 Å². The summed E-state index contributed by atoms with van der Waals surface area (Å²) in [4.78, 5) is 13.6. The molecule has 0 aromatic heterocycles. The SMILES string of the molecule is CC(C)(C)c1ccccc1C(=O)c1cccc(OCC2CO2)c1C(C)(C)C. The molecule has 0 amide bonds. The quantitative estimate of drug-likeness (QED) is 0.533. The van der Waals surface area contributed by atoms with Gasteiger partial charge < -0.3 is 9.47 Å². The van der Waals surface area contributed by atoms with E-state index in [2.05, 4.69) is 47.6 Å². The van der Waals surface area contributed by atoms with Gasteiger partial charge in [0.15, 0.2) is 5.78 Å². The van der Waals surface area contributed by atoms with Crippen molar-refractivity contribution in [2.75, 3.05) is 13.2 Å². The van der Waals surface area contributed by atoms with Crippen LogP contribution in [0.5, 0.6) is 5.75 Å². The molecule has 0 bridgehead atoms. The summed E-state index contributed by atoms with van der Waals surface area (Å²) in [5, 5.41) is 0. The van der Waals surface area contributed by atoms with Gasteiger partial charge in [0.1, 0.15) is 18.5 Å². The molecule has 0 radical (unpaired) electrons. The van der Waals surface area contributed by atoms with Crippen LogP contribution in [0.1, 0.15) is 68.6 Å². The maximum Gasteiger partial charge on any atom is 0.193 e. The summed E-state index contributed by atoms with van der Waals surface area (Å²) < 4.78 is 11.3. The first kappa shape index (κ1) is 19.6. The number of ketones is 1. The van der Waals surface area contributed by atoms with Gasteiger partial charge in [0.25, 0.3) is 0 Å². The van der Waals surface area contributed by atoms with Crippen molar-refractivity contribution in [3.8, 4) is 5.75 Å². The second kappa shape index (κ2) is 7.12. The average Bonchev–Trinajstić information content (AvgIpc) is 3.41. The Morgan fingerprint density at radius 3 is 2.19 bits per heavy atom. The highest BCUT2D eigenvalue weighted by atomic mass is 16.6. The van der Waals surface area contributed by atoms with E-state index in [1.807, 2.05) is 36.4 Å². The summed E-state index contributed by atoms with van der Waals surface area (Å²) in [5.41, 5.74) is 3.17. The van der Waals surface area contributed by atoms with E-state index < -0.39 is 0 Å². The minimum atomic E-state index is -0.220. The molecular formula is C24H30O3. The zero-order chi connectivity index (χ0) is 19.8. The lowest BCUT2D eigenvalue weighted by Crippen LogP contribution is -2.22. The van der Waals surface area contributed by atoms with Gasteiger partial charge in [0, 0.05) is 16.7 Å². The zero-order valence-corrected chi connectivity index (χ0v) is 17.3. The lowest BCUT2D eigenvalue weighted by Gasteiger charge is -2.27. The Kier molecular flexibility index (Phi) is 5.18. The van der Waals surface area contributed by atoms with Crippen molar-refractivity contribution >= 4 is 5.78 Å². The van der Waals surface area contributed by atoms with Gasteiger partial charge in [0.05, 0.1) is 6.61 Å². The van der Waals surface area contributed by atoms with E-state index in [4.69, 9.17) is 9.47 Å². The van der Waals surface area contributed by atoms with Crippen LogP contribution in [0.2, 0.25) is 0 Å². The minimum absolute atomic E-state index is 0.0542. The molecule has 1 heterocycles. The van der Waals surface area contributed by atoms with Crippen LogP contribution in [-0.2, 0) is 15.6 Å². The summed E-state index contributed by atoms with van der Waals surface area (Å²) >= 11 is 0. The summed E-state index contributed by atoms with van der Waals surface area (Å²) in [6, 6.07) is 13.7. The third kappa shape index (κ3) is 4.41. The Balaban J connectivity index is 2.08. The van der Waals surface area contributed by atoms with E-state index >= 15 is 0 Å². The average molecular weight is 367 g/mol. The van der Waals surface area contributed by atoms with Crippen molar-refractivity contribution in [2.24, 2.45) is 0 Å². The normalized spacial score (nSPS) is 16.9. The van der Waals surface area contributed by atoms with Gasteiger partial charge in [-0.15, -0.1) is 0 Å². The highest BCUT2D eigenvalue weighted by Gasteiger charge is 2.30. The van der Waals surface area contributed by atoms with Gasteiger partial charge in [-0.2, -0.15) is 0 Å². The van der Waals surface area contributed by atoms with Crippen molar-refractivity contribution in [2.45, 2.75) is 58.5 Å². The van der Waals surface area contributed by atoms with Crippen molar-refractivity contribution < 1.29 is 14.3 Å². The van der Waals surface area contributed by atoms with Crippen molar-refractivity contribution in [1.82, 2.24) is 0 Å². The fraction of sp³-hybridized carbons (Fsp3) is 0.458. The van der Waals surface area contributed by atoms with Gasteiger partial charge in [-0.3, -0.25) is 4.79 Å². The molecule has 2 aromatic rings. The van der Waals surface area contributed by atoms with E-state index in [0.29, 0.717) is 12.2 Å². The smallest absolute Gasteiger partial charge is 0.193 e. The molecule has 0 N–H and O–H groups in total. The molecule has 3 nitrogen and oxygen atoms in total. The number of carbonyl (C=O) groups excluding carboxylic acids is 1. The lowest BCUT2D eigenvalue weighted by molar-refractivity contribution is 0.103. The summed E-state index contributed by atoms with van der Waals surface area (Å²) in [6.07, 6.45) is 0.179. The van der Waals surface area contributed by atoms with Crippen molar-refractivity contribution in [3.05, 3.63) is 64.7 Å². The Hall–Kier alpha value is -2.13. The Morgan fingerprint density at radius 2 is 1.59 bits per heavy atom. The third-order valence-electron chi connectivity index (χ3n) is 4.83. The number of hydrogen-bond donors (Lipinski definition) is 0. The van der Waals surface area contributed by atoms with Gasteiger partial charge in [-0.1, -0.05) is 77.9 Å². The molecule has 0 saturated carbocycles. The van der Waals surface area contributed by atoms with E-state index in [1.54, 1.807) is 0 Å². The number of rotatable bonds is 5. The van der Waals surface area contributed by atoms with Gasteiger partial charge in [-0.05, 0) is 22.5 Å². The number of epoxide rings is 1. The van der Waals surface area contributed by atoms with Crippen LogP contribution >= 0.6 is 0 Å². The Morgan fingerprint density at radius 1 is 0.963 bits per heavy atom. The van der Waals surface area contributed by atoms with E-state index in [-0.39, 0.29) is 22.7 Å². The number of benzene rings is 2. The van der Waals surface area contributed by atoms with Crippen LogP contribution in [-0.4, -0.2) is 25.1 Å². The second-order valence-electron chi connectivity index (χ2n) is 9.32. The third-order valence-corrected chi connectivity index (χ3v) is 4.83. The van der Waals surface area contributed by atoms with Gasteiger partial charge in [-0.25, -0.2) is 0 Å². The number of carbonyl (C=O) groups is 1. The second-order valence-corrected chi connectivity index (χ2v) is 9.32. The molecule has 1 fully saturated rings. The first-order valence-electron chi connectivity index (χ1n) is 9.61. The highest BCUT2D eigenvalue weighted by molar-refractivity contribution is 6.11. The molecule has 1 aliphatic rings. The van der Waals surface area contributed by atoms with Crippen LogP contribution in [0, 0.1) is 0 Å². The van der Waals surface area contributed by atoms with Crippen LogP contribution in [0.15, 0.2) is 42.5 Å². The maximum atomic E-state index is 13.6. The van der Waals surface area contributed by atoms with E-state index in [1.165, 1.54) is 0 Å². The van der Waals surface area contributed by atoms with Crippen LogP contribution in [0.4, 0.5) is 0 Å². The molecule has 1 unspecified atom stereocenters.